The van der Waals surface area contributed by atoms with E-state index in [0.717, 1.165) is 6.07 Å². The lowest BCUT2D eigenvalue weighted by Gasteiger charge is -2.14. The van der Waals surface area contributed by atoms with Gasteiger partial charge in [0.2, 0.25) is 11.8 Å². The van der Waals surface area contributed by atoms with E-state index in [4.69, 9.17) is 21.1 Å². The molecule has 0 unspecified atom stereocenters. The van der Waals surface area contributed by atoms with Crippen molar-refractivity contribution >= 4 is 28.4 Å². The highest BCUT2D eigenvalue weighted by Crippen LogP contribution is 2.32. The van der Waals surface area contributed by atoms with Crippen LogP contribution in [0.1, 0.15) is 30.8 Å². The highest BCUT2D eigenvalue weighted by atomic mass is 35.5. The molecule has 0 saturated carbocycles. The van der Waals surface area contributed by atoms with E-state index < -0.39 is 22.9 Å². The van der Waals surface area contributed by atoms with Gasteiger partial charge in [-0.3, -0.25) is 9.36 Å². The summed E-state index contributed by atoms with van der Waals surface area (Å²) in [6, 6.07) is 3.00. The lowest BCUT2D eigenvalue weighted by molar-refractivity contribution is -0.137. The second-order valence-electron chi connectivity index (χ2n) is 5.91. The number of benzene rings is 1. The zero-order valence-corrected chi connectivity index (χ0v) is 18.8. The molecule has 0 saturated heterocycles. The molecular formula is C21H22ClF3N4O3. The average molecular weight is 471 g/mol. The van der Waals surface area contributed by atoms with Gasteiger partial charge in [-0.2, -0.15) is 23.4 Å². The van der Waals surface area contributed by atoms with Crippen molar-refractivity contribution in [3.05, 3.63) is 63.5 Å². The Morgan fingerprint density at radius 3 is 2.47 bits per heavy atom. The van der Waals surface area contributed by atoms with Crippen molar-refractivity contribution in [2.75, 3.05) is 13.7 Å². The van der Waals surface area contributed by atoms with E-state index in [2.05, 4.69) is 23.1 Å². The van der Waals surface area contributed by atoms with Crippen LogP contribution in [0.5, 0.6) is 0 Å². The maximum atomic E-state index is 13.0. The van der Waals surface area contributed by atoms with E-state index in [1.807, 2.05) is 13.8 Å². The summed E-state index contributed by atoms with van der Waals surface area (Å²) in [6.07, 6.45) is -4.67. The minimum atomic E-state index is -4.67. The molecule has 0 fully saturated rings. The molecule has 1 aromatic heterocycles. The van der Waals surface area contributed by atoms with Crippen molar-refractivity contribution in [1.82, 2.24) is 9.55 Å². The van der Waals surface area contributed by atoms with E-state index in [0.29, 0.717) is 6.07 Å². The summed E-state index contributed by atoms with van der Waals surface area (Å²) < 4.78 is 50.5. The van der Waals surface area contributed by atoms with Gasteiger partial charge >= 0.3 is 6.18 Å². The number of hydrogen-bond acceptors (Lipinski definition) is 6. The molecule has 2 rings (SSSR count). The number of fused-ring (bicyclic) bond motifs is 1. The SMILES string of the molecule is C=C(/N=C(/OC)C(=C)Cl)OCCn1c(C)nc2cc(C(F)(F)F)cc(C#N)c2c1=O.CC. The number of rotatable bonds is 6. The Morgan fingerprint density at radius 1 is 1.34 bits per heavy atom. The van der Waals surface area contributed by atoms with Gasteiger partial charge in [-0.05, 0) is 25.6 Å². The Balaban J connectivity index is 0.00000249. The molecular weight excluding hydrogens is 449 g/mol. The van der Waals surface area contributed by atoms with Gasteiger partial charge in [0.15, 0.2) is 0 Å². The molecule has 1 aromatic carbocycles. The molecule has 0 aliphatic carbocycles. The minimum Gasteiger partial charge on any atom is -0.480 e. The number of ether oxygens (including phenoxy) is 2. The van der Waals surface area contributed by atoms with Gasteiger partial charge in [0, 0.05) is 0 Å². The van der Waals surface area contributed by atoms with Crippen LogP contribution in [0.25, 0.3) is 10.9 Å². The van der Waals surface area contributed by atoms with Crippen LogP contribution in [0.2, 0.25) is 0 Å². The summed E-state index contributed by atoms with van der Waals surface area (Å²) in [6.45, 7) is 12.4. The standard InChI is InChI=1S/C19H16ClF3N4O3.C2H6/c1-10(20)17(29-4)26-12(3)30-6-5-27-11(2)25-15-8-14(19(21,22)23)7-13(9-24)16(15)18(27)28;1-2/h7-8H,1,3,5-6H2,2,4H3;1-2H3/b26-17+;. The number of aromatic nitrogens is 2. The normalized spacial score (nSPS) is 11.3. The summed E-state index contributed by atoms with van der Waals surface area (Å²) in [5.41, 5.74) is -2.33. The number of aryl methyl sites for hydroxylation is 1. The topological polar surface area (TPSA) is 89.5 Å². The molecule has 172 valence electrons. The van der Waals surface area contributed by atoms with Crippen LogP contribution in [-0.4, -0.2) is 29.2 Å². The van der Waals surface area contributed by atoms with Gasteiger partial charge in [-0.1, -0.05) is 32.0 Å². The van der Waals surface area contributed by atoms with Crippen molar-refractivity contribution in [2.24, 2.45) is 4.99 Å². The van der Waals surface area contributed by atoms with Crippen molar-refractivity contribution in [1.29, 1.82) is 5.26 Å². The van der Waals surface area contributed by atoms with Crippen LogP contribution in [0, 0.1) is 18.3 Å². The summed E-state index contributed by atoms with van der Waals surface area (Å²) in [7, 11) is 1.33. The molecule has 0 amide bonds. The van der Waals surface area contributed by atoms with Crippen LogP contribution in [-0.2, 0) is 22.2 Å². The van der Waals surface area contributed by atoms with Gasteiger partial charge < -0.3 is 9.47 Å². The van der Waals surface area contributed by atoms with Gasteiger partial charge in [0.25, 0.3) is 5.56 Å². The average Bonchev–Trinajstić information content (AvgIpc) is 2.73. The lowest BCUT2D eigenvalue weighted by atomic mass is 10.1. The van der Waals surface area contributed by atoms with Crippen LogP contribution in [0.15, 0.2) is 46.0 Å². The van der Waals surface area contributed by atoms with E-state index in [9.17, 15) is 23.2 Å². The van der Waals surface area contributed by atoms with Crippen molar-refractivity contribution in [3.8, 4) is 6.07 Å². The number of alkyl halides is 3. The smallest absolute Gasteiger partial charge is 0.416 e. The lowest BCUT2D eigenvalue weighted by Crippen LogP contribution is -2.26. The van der Waals surface area contributed by atoms with Crippen molar-refractivity contribution < 1.29 is 22.6 Å². The zero-order valence-electron chi connectivity index (χ0n) is 18.0. The first-order chi connectivity index (χ1) is 15.0. The van der Waals surface area contributed by atoms with Gasteiger partial charge in [-0.15, -0.1) is 0 Å². The molecule has 0 N–H and O–H groups in total. The highest BCUT2D eigenvalue weighted by Gasteiger charge is 2.32. The minimum absolute atomic E-state index is 0.00140. The molecule has 0 aliphatic heterocycles. The van der Waals surface area contributed by atoms with Crippen molar-refractivity contribution in [3.63, 3.8) is 0 Å². The quantitative estimate of drug-likeness (QED) is 0.340. The Labute approximate surface area is 188 Å². The Hall–Kier alpha value is -3.32. The number of aliphatic imine (C=N–C) groups is 1. The zero-order chi connectivity index (χ0) is 24.6. The predicted octanol–water partition coefficient (Wildman–Crippen LogP) is 4.91. The molecule has 0 spiro atoms. The molecule has 1 heterocycles. The fraction of sp³-hybridized carbons (Fsp3) is 0.333. The number of nitriles is 1. The van der Waals surface area contributed by atoms with Crippen molar-refractivity contribution in [2.45, 2.75) is 33.5 Å². The number of nitrogens with zero attached hydrogens (tertiary/aromatic N) is 4. The number of halogens is 4. The van der Waals surface area contributed by atoms with Crippen LogP contribution < -0.4 is 5.56 Å². The molecule has 2 aromatic rings. The second kappa shape index (κ2) is 11.3. The van der Waals surface area contributed by atoms with Gasteiger partial charge in [0.1, 0.15) is 18.5 Å². The first kappa shape index (κ1) is 26.7. The fourth-order valence-corrected chi connectivity index (χ4v) is 2.71. The largest absolute Gasteiger partial charge is 0.480 e. The van der Waals surface area contributed by atoms with Gasteiger partial charge in [0.05, 0.1) is 40.7 Å². The van der Waals surface area contributed by atoms with E-state index >= 15 is 0 Å². The summed E-state index contributed by atoms with van der Waals surface area (Å²) in [5, 5.41) is 9.07. The summed E-state index contributed by atoms with van der Waals surface area (Å²) in [4.78, 5) is 20.7. The van der Waals surface area contributed by atoms with E-state index in [1.54, 1.807) is 6.07 Å². The highest BCUT2D eigenvalue weighted by molar-refractivity contribution is 6.41. The maximum absolute atomic E-state index is 13.0. The monoisotopic (exact) mass is 470 g/mol. The van der Waals surface area contributed by atoms with E-state index in [1.165, 1.54) is 18.6 Å². The molecule has 32 heavy (non-hydrogen) atoms. The molecule has 0 bridgehead atoms. The predicted molar refractivity (Wildman–Crippen MR) is 116 cm³/mol. The first-order valence-electron chi connectivity index (χ1n) is 9.31. The van der Waals surface area contributed by atoms with Crippen LogP contribution in [0.3, 0.4) is 0 Å². The molecule has 0 aliphatic rings. The number of hydrogen-bond donors (Lipinski definition) is 0. The Kier molecular flexibility index (Phi) is 9.47. The van der Waals surface area contributed by atoms with Crippen LogP contribution in [0.4, 0.5) is 13.2 Å². The summed E-state index contributed by atoms with van der Waals surface area (Å²) in [5.74, 6) is 0.0993. The van der Waals surface area contributed by atoms with Gasteiger partial charge in [-0.25, -0.2) is 4.98 Å². The molecule has 7 nitrogen and oxygen atoms in total. The molecule has 11 heteroatoms. The van der Waals surface area contributed by atoms with E-state index in [-0.39, 0.29) is 46.7 Å². The third kappa shape index (κ3) is 6.34. The maximum Gasteiger partial charge on any atom is 0.416 e. The first-order valence-corrected chi connectivity index (χ1v) is 9.69. The fourth-order valence-electron chi connectivity index (χ4n) is 2.59. The molecule has 0 atom stereocenters. The third-order valence-corrected chi connectivity index (χ3v) is 4.09. The second-order valence-corrected chi connectivity index (χ2v) is 6.37. The Morgan fingerprint density at radius 2 is 1.97 bits per heavy atom. The molecule has 0 radical (unpaired) electrons. The third-order valence-electron chi connectivity index (χ3n) is 3.93. The summed E-state index contributed by atoms with van der Waals surface area (Å²) >= 11 is 5.69. The Bertz CT molecular complexity index is 1150. The van der Waals surface area contributed by atoms with Crippen LogP contribution >= 0.6 is 11.6 Å². The number of methoxy groups -OCH3 is 1.